The fraction of sp³-hybridized carbons (Fsp3) is 0.444. The van der Waals surface area contributed by atoms with Gasteiger partial charge in [-0.25, -0.2) is 4.39 Å². The fourth-order valence-electron chi connectivity index (χ4n) is 3.16. The molecule has 1 saturated heterocycles. The Kier molecular flexibility index (Phi) is 4.55. The quantitative estimate of drug-likeness (QED) is 0.658. The third-order valence-electron chi connectivity index (χ3n) is 4.76. The van der Waals surface area contributed by atoms with Gasteiger partial charge in [-0.1, -0.05) is 18.2 Å². The van der Waals surface area contributed by atoms with Crippen molar-refractivity contribution in [1.82, 2.24) is 10.2 Å². The number of amides is 2. The minimum absolute atomic E-state index is 0.0998. The Bertz CT molecular complexity index is 649. The molecule has 128 valence electrons. The number of hydrogen-bond donors (Lipinski definition) is 1. The second-order valence-electron chi connectivity index (χ2n) is 6.31. The van der Waals surface area contributed by atoms with Crippen LogP contribution in [0.3, 0.4) is 0 Å². The van der Waals surface area contributed by atoms with Crippen molar-refractivity contribution in [2.24, 2.45) is 5.41 Å². The molecule has 0 unspecified atom stereocenters. The third-order valence-corrected chi connectivity index (χ3v) is 4.76. The Balaban J connectivity index is 1.61. The largest absolute Gasteiger partial charge is 0.366 e. The number of carbonyl (C=O) groups is 2. The normalized spacial score (nSPS) is 18.9. The molecule has 1 aromatic carbocycles. The van der Waals surface area contributed by atoms with Gasteiger partial charge in [0.2, 0.25) is 11.8 Å². The summed E-state index contributed by atoms with van der Waals surface area (Å²) in [5.41, 5.74) is -0.321. The van der Waals surface area contributed by atoms with Gasteiger partial charge in [0.15, 0.2) is 0 Å². The summed E-state index contributed by atoms with van der Waals surface area (Å²) in [5.74, 6) is -0.555. The van der Waals surface area contributed by atoms with Gasteiger partial charge < -0.3 is 15.1 Å². The van der Waals surface area contributed by atoms with Gasteiger partial charge >= 0.3 is 0 Å². The van der Waals surface area contributed by atoms with E-state index < -0.39 is 5.41 Å². The van der Waals surface area contributed by atoms with E-state index >= 15 is 0 Å². The Morgan fingerprint density at radius 3 is 2.46 bits per heavy atom. The minimum Gasteiger partial charge on any atom is -0.366 e. The van der Waals surface area contributed by atoms with Crippen LogP contribution < -0.4 is 10.2 Å². The van der Waals surface area contributed by atoms with Crippen molar-refractivity contribution < 1.29 is 14.0 Å². The number of carbonyl (C=O) groups excluding carboxylic acids is 2. The molecule has 1 aliphatic heterocycles. The van der Waals surface area contributed by atoms with Gasteiger partial charge in [-0.15, -0.1) is 6.58 Å². The highest BCUT2D eigenvalue weighted by Crippen LogP contribution is 2.47. The number of para-hydroxylation sites is 1. The van der Waals surface area contributed by atoms with Crippen molar-refractivity contribution in [3.63, 3.8) is 0 Å². The lowest BCUT2D eigenvalue weighted by Crippen LogP contribution is -2.53. The lowest BCUT2D eigenvalue weighted by molar-refractivity contribution is -0.144. The number of anilines is 1. The molecule has 1 aromatic rings. The van der Waals surface area contributed by atoms with Crippen molar-refractivity contribution >= 4 is 17.5 Å². The predicted molar refractivity (Wildman–Crippen MR) is 90.1 cm³/mol. The van der Waals surface area contributed by atoms with Crippen LogP contribution in [0.25, 0.3) is 0 Å². The van der Waals surface area contributed by atoms with Crippen molar-refractivity contribution in [2.45, 2.75) is 12.8 Å². The van der Waals surface area contributed by atoms with Crippen LogP contribution in [-0.2, 0) is 9.59 Å². The Morgan fingerprint density at radius 1 is 1.21 bits per heavy atom. The van der Waals surface area contributed by atoms with Crippen LogP contribution in [0.15, 0.2) is 36.9 Å². The van der Waals surface area contributed by atoms with E-state index in [2.05, 4.69) is 11.9 Å². The van der Waals surface area contributed by atoms with Gasteiger partial charge in [0.1, 0.15) is 11.2 Å². The first-order valence-electron chi connectivity index (χ1n) is 8.26. The summed E-state index contributed by atoms with van der Waals surface area (Å²) in [7, 11) is 0. The van der Waals surface area contributed by atoms with E-state index in [1.807, 2.05) is 4.90 Å². The summed E-state index contributed by atoms with van der Waals surface area (Å²) in [5, 5.41) is 2.73. The smallest absolute Gasteiger partial charge is 0.238 e. The molecule has 6 heteroatoms. The molecule has 2 aliphatic rings. The number of hydrogen-bond acceptors (Lipinski definition) is 3. The zero-order valence-electron chi connectivity index (χ0n) is 13.6. The number of halogens is 1. The van der Waals surface area contributed by atoms with E-state index in [9.17, 15) is 14.0 Å². The molecule has 1 heterocycles. The van der Waals surface area contributed by atoms with Gasteiger partial charge in [0.05, 0.1) is 5.69 Å². The lowest BCUT2D eigenvalue weighted by atomic mass is 10.0. The highest BCUT2D eigenvalue weighted by Gasteiger charge is 2.57. The van der Waals surface area contributed by atoms with Crippen molar-refractivity contribution in [2.75, 3.05) is 37.6 Å². The molecular formula is C18H22FN3O2. The molecule has 0 radical (unpaired) electrons. The van der Waals surface area contributed by atoms with E-state index in [-0.39, 0.29) is 17.6 Å². The second kappa shape index (κ2) is 6.63. The first-order valence-corrected chi connectivity index (χ1v) is 8.26. The van der Waals surface area contributed by atoms with Gasteiger partial charge in [0, 0.05) is 32.7 Å². The summed E-state index contributed by atoms with van der Waals surface area (Å²) in [6.45, 7) is 6.08. The van der Waals surface area contributed by atoms with Crippen LogP contribution in [-0.4, -0.2) is 49.4 Å². The molecule has 0 spiro atoms. The lowest BCUT2D eigenvalue weighted by Gasteiger charge is -2.37. The average Bonchev–Trinajstić information content (AvgIpc) is 3.41. The van der Waals surface area contributed by atoms with E-state index in [0.29, 0.717) is 51.3 Å². The summed E-state index contributed by atoms with van der Waals surface area (Å²) in [6, 6.07) is 6.66. The van der Waals surface area contributed by atoms with Crippen LogP contribution in [0.2, 0.25) is 0 Å². The predicted octanol–water partition coefficient (Wildman–Crippen LogP) is 1.56. The standard InChI is InChI=1S/C18H22FN3O2/c1-2-9-20-16(23)18(7-8-18)17(24)22-12-10-21(11-13-22)15-6-4-3-5-14(15)19/h2-6H,1,7-13H2,(H,20,23). The molecule has 2 fully saturated rings. The number of rotatable bonds is 5. The van der Waals surface area contributed by atoms with Crippen LogP contribution in [0.4, 0.5) is 10.1 Å². The highest BCUT2D eigenvalue weighted by atomic mass is 19.1. The maximum atomic E-state index is 13.9. The highest BCUT2D eigenvalue weighted by molar-refractivity contribution is 6.08. The van der Waals surface area contributed by atoms with Crippen molar-refractivity contribution in [3.8, 4) is 0 Å². The molecule has 0 atom stereocenters. The maximum absolute atomic E-state index is 13.9. The van der Waals surface area contributed by atoms with Crippen LogP contribution in [0.1, 0.15) is 12.8 Å². The van der Waals surface area contributed by atoms with Crippen LogP contribution >= 0.6 is 0 Å². The SMILES string of the molecule is C=CCNC(=O)C1(C(=O)N2CCN(c3ccccc3F)CC2)CC1. The zero-order chi connectivity index (χ0) is 17.2. The molecule has 2 amide bonds. The Morgan fingerprint density at radius 2 is 1.88 bits per heavy atom. The molecule has 0 aromatic heterocycles. The van der Waals surface area contributed by atoms with Gasteiger partial charge in [-0.05, 0) is 25.0 Å². The Hall–Kier alpha value is -2.37. The van der Waals surface area contributed by atoms with Gasteiger partial charge in [-0.3, -0.25) is 9.59 Å². The molecule has 5 nitrogen and oxygen atoms in total. The van der Waals surface area contributed by atoms with Crippen molar-refractivity contribution in [1.29, 1.82) is 0 Å². The Labute approximate surface area is 141 Å². The van der Waals surface area contributed by atoms with Crippen LogP contribution in [0.5, 0.6) is 0 Å². The molecule has 1 aliphatic carbocycles. The topological polar surface area (TPSA) is 52.7 Å². The maximum Gasteiger partial charge on any atom is 0.238 e. The fourth-order valence-corrected chi connectivity index (χ4v) is 3.16. The van der Waals surface area contributed by atoms with Gasteiger partial charge in [-0.2, -0.15) is 0 Å². The first-order chi connectivity index (χ1) is 11.6. The second-order valence-corrected chi connectivity index (χ2v) is 6.31. The summed E-state index contributed by atoms with van der Waals surface area (Å²) in [4.78, 5) is 28.7. The molecule has 1 N–H and O–H groups in total. The van der Waals surface area contributed by atoms with Crippen molar-refractivity contribution in [3.05, 3.63) is 42.7 Å². The molecular weight excluding hydrogens is 309 g/mol. The molecule has 0 bridgehead atoms. The molecule has 1 saturated carbocycles. The number of nitrogens with zero attached hydrogens (tertiary/aromatic N) is 2. The minimum atomic E-state index is -0.886. The molecule has 3 rings (SSSR count). The zero-order valence-corrected chi connectivity index (χ0v) is 13.6. The van der Waals surface area contributed by atoms with E-state index in [1.165, 1.54) is 6.07 Å². The van der Waals surface area contributed by atoms with Gasteiger partial charge in [0.25, 0.3) is 0 Å². The van der Waals surface area contributed by atoms with E-state index in [4.69, 9.17) is 0 Å². The first kappa shape index (κ1) is 16.5. The van der Waals surface area contributed by atoms with Crippen LogP contribution in [0, 0.1) is 11.2 Å². The third kappa shape index (κ3) is 3.00. The summed E-state index contributed by atoms with van der Waals surface area (Å²) >= 11 is 0. The van der Waals surface area contributed by atoms with E-state index in [1.54, 1.807) is 29.2 Å². The monoisotopic (exact) mass is 331 g/mol. The number of benzene rings is 1. The molecule has 24 heavy (non-hydrogen) atoms. The average molecular weight is 331 g/mol. The number of nitrogens with one attached hydrogen (secondary N) is 1. The summed E-state index contributed by atoms with van der Waals surface area (Å²) in [6.07, 6.45) is 2.80. The number of piperazine rings is 1. The summed E-state index contributed by atoms with van der Waals surface area (Å²) < 4.78 is 13.9. The van der Waals surface area contributed by atoms with E-state index in [0.717, 1.165) is 0 Å².